The van der Waals surface area contributed by atoms with Crippen molar-refractivity contribution >= 4 is 29.6 Å². The Hall–Kier alpha value is -2.69. The fourth-order valence-electron chi connectivity index (χ4n) is 2.27. The lowest BCUT2D eigenvalue weighted by atomic mass is 10.2. The molecule has 1 aliphatic rings. The number of amides is 4. The summed E-state index contributed by atoms with van der Waals surface area (Å²) in [7, 11) is 0. The molecule has 0 aromatic carbocycles. The van der Waals surface area contributed by atoms with E-state index in [1.54, 1.807) is 0 Å². The van der Waals surface area contributed by atoms with Gasteiger partial charge in [-0.3, -0.25) is 19.2 Å². The number of hydrogen-bond acceptors (Lipinski definition) is 6. The van der Waals surface area contributed by atoms with Gasteiger partial charge in [-0.15, -0.1) is 0 Å². The van der Waals surface area contributed by atoms with Crippen LogP contribution in [0.25, 0.3) is 0 Å². The van der Waals surface area contributed by atoms with E-state index in [1.165, 1.54) is 4.90 Å². The second kappa shape index (κ2) is 8.82. The van der Waals surface area contributed by atoms with Gasteiger partial charge in [0.05, 0.1) is 25.6 Å². The maximum absolute atomic E-state index is 11.9. The van der Waals surface area contributed by atoms with Crippen LogP contribution in [0.5, 0.6) is 0 Å². The topological polar surface area (TPSA) is 185 Å². The number of nitrogens with one attached hydrogen (secondary N) is 2. The van der Waals surface area contributed by atoms with Crippen molar-refractivity contribution in [1.82, 2.24) is 15.5 Å². The van der Waals surface area contributed by atoms with Crippen molar-refractivity contribution in [3.63, 3.8) is 0 Å². The third-order valence-corrected chi connectivity index (χ3v) is 3.48. The minimum Gasteiger partial charge on any atom is -0.480 e. The van der Waals surface area contributed by atoms with E-state index in [-0.39, 0.29) is 13.0 Å². The highest BCUT2D eigenvalue weighted by molar-refractivity contribution is 5.92. The lowest BCUT2D eigenvalue weighted by Gasteiger charge is -2.21. The van der Waals surface area contributed by atoms with E-state index in [1.807, 2.05) is 0 Å². The Labute approximate surface area is 137 Å². The number of rotatable bonds is 8. The number of likely N-dealkylation sites (tertiary alicyclic amines) is 1. The zero-order chi connectivity index (χ0) is 18.3. The lowest BCUT2D eigenvalue weighted by Crippen LogP contribution is -2.49. The van der Waals surface area contributed by atoms with Gasteiger partial charge in [0.15, 0.2) is 0 Å². The number of nitrogens with zero attached hydrogens (tertiary/aromatic N) is 1. The number of carboxylic acids is 1. The quantitative estimate of drug-likeness (QED) is 0.302. The van der Waals surface area contributed by atoms with E-state index in [9.17, 15) is 24.0 Å². The number of hydrogen-bond donors (Lipinski definition) is 5. The first-order valence-electron chi connectivity index (χ1n) is 7.33. The van der Waals surface area contributed by atoms with E-state index < -0.39 is 48.2 Å². The average Bonchev–Trinajstić information content (AvgIpc) is 2.99. The summed E-state index contributed by atoms with van der Waals surface area (Å²) in [5.74, 6) is -3.70. The molecule has 0 bridgehead atoms. The summed E-state index contributed by atoms with van der Waals surface area (Å²) >= 11 is 0. The molecule has 0 aromatic rings. The highest BCUT2D eigenvalue weighted by Gasteiger charge is 2.33. The lowest BCUT2D eigenvalue weighted by molar-refractivity contribution is -0.148. The Kier molecular flexibility index (Phi) is 7.11. The van der Waals surface area contributed by atoms with E-state index in [0.29, 0.717) is 19.4 Å². The fourth-order valence-corrected chi connectivity index (χ4v) is 2.27. The molecule has 0 aromatic heterocycles. The van der Waals surface area contributed by atoms with Gasteiger partial charge in [-0.05, 0) is 12.8 Å². The van der Waals surface area contributed by atoms with Crippen LogP contribution in [0.2, 0.25) is 0 Å². The Morgan fingerprint density at radius 3 is 2.42 bits per heavy atom. The van der Waals surface area contributed by atoms with Crippen LogP contribution in [-0.4, -0.2) is 71.3 Å². The van der Waals surface area contributed by atoms with Crippen LogP contribution in [0.3, 0.4) is 0 Å². The number of aliphatic carboxylic acids is 1. The number of carbonyl (C=O) groups excluding carboxylic acids is 4. The van der Waals surface area contributed by atoms with Crippen LogP contribution in [0.15, 0.2) is 0 Å². The van der Waals surface area contributed by atoms with Crippen molar-refractivity contribution in [2.75, 3.05) is 19.6 Å². The van der Waals surface area contributed by atoms with Crippen molar-refractivity contribution in [2.24, 2.45) is 11.5 Å². The van der Waals surface area contributed by atoms with Crippen molar-refractivity contribution in [3.05, 3.63) is 0 Å². The normalized spacial score (nSPS) is 17.9. The zero-order valence-corrected chi connectivity index (χ0v) is 13.0. The van der Waals surface area contributed by atoms with Crippen LogP contribution in [0.1, 0.15) is 19.3 Å². The SMILES string of the molecule is NC(=O)CC(N)C(=O)NCC(=O)NCC(=O)N1CCCC1C(=O)O. The number of carbonyl (C=O) groups is 5. The summed E-state index contributed by atoms with van der Waals surface area (Å²) in [5.41, 5.74) is 10.3. The zero-order valence-electron chi connectivity index (χ0n) is 13.0. The van der Waals surface area contributed by atoms with E-state index >= 15 is 0 Å². The summed E-state index contributed by atoms with van der Waals surface area (Å²) in [5, 5.41) is 13.5. The van der Waals surface area contributed by atoms with E-state index in [2.05, 4.69) is 10.6 Å². The predicted octanol–water partition coefficient (Wildman–Crippen LogP) is -3.50. The second-order valence-electron chi connectivity index (χ2n) is 5.35. The first kappa shape index (κ1) is 19.4. The fraction of sp³-hybridized carbons (Fsp3) is 0.615. The molecule has 134 valence electrons. The summed E-state index contributed by atoms with van der Waals surface area (Å²) in [6.45, 7) is -0.475. The molecule has 2 unspecified atom stereocenters. The molecule has 1 saturated heterocycles. The molecule has 0 spiro atoms. The summed E-state index contributed by atoms with van der Waals surface area (Å²) in [4.78, 5) is 57.8. The van der Waals surface area contributed by atoms with Crippen LogP contribution in [-0.2, 0) is 24.0 Å². The van der Waals surface area contributed by atoms with Gasteiger partial charge in [0.1, 0.15) is 6.04 Å². The van der Waals surface area contributed by atoms with Gasteiger partial charge in [-0.2, -0.15) is 0 Å². The van der Waals surface area contributed by atoms with Gasteiger partial charge in [-0.1, -0.05) is 0 Å². The molecule has 24 heavy (non-hydrogen) atoms. The van der Waals surface area contributed by atoms with Crippen molar-refractivity contribution in [2.45, 2.75) is 31.3 Å². The molecule has 1 heterocycles. The first-order valence-corrected chi connectivity index (χ1v) is 7.33. The van der Waals surface area contributed by atoms with Gasteiger partial charge in [-0.25, -0.2) is 4.79 Å². The minimum atomic E-state index is -1.15. The van der Waals surface area contributed by atoms with Crippen LogP contribution < -0.4 is 22.1 Å². The summed E-state index contributed by atoms with van der Waals surface area (Å²) in [6, 6.07) is -2.03. The molecular weight excluding hydrogens is 322 g/mol. The summed E-state index contributed by atoms with van der Waals surface area (Å²) < 4.78 is 0. The molecule has 1 fully saturated rings. The molecule has 1 rings (SSSR count). The van der Waals surface area contributed by atoms with Crippen LogP contribution in [0.4, 0.5) is 0 Å². The third kappa shape index (κ3) is 5.83. The number of nitrogens with two attached hydrogens (primary N) is 2. The smallest absolute Gasteiger partial charge is 0.326 e. The number of primary amides is 1. The molecule has 0 radical (unpaired) electrons. The molecule has 4 amide bonds. The monoisotopic (exact) mass is 343 g/mol. The maximum atomic E-state index is 11.9. The maximum Gasteiger partial charge on any atom is 0.326 e. The number of carboxylic acid groups (broad SMARTS) is 1. The van der Waals surface area contributed by atoms with Gasteiger partial charge < -0.3 is 32.1 Å². The largest absolute Gasteiger partial charge is 0.480 e. The standard InChI is InChI=1S/C13H21N5O6/c14-7(4-9(15)19)12(22)17-5-10(20)16-6-11(21)18-3-1-2-8(18)13(23)24/h7-8H,1-6,14H2,(H2,15,19)(H,16,20)(H,17,22)(H,23,24). The second-order valence-corrected chi connectivity index (χ2v) is 5.35. The van der Waals surface area contributed by atoms with Gasteiger partial charge in [0, 0.05) is 6.54 Å². The Bertz CT molecular complexity index is 537. The molecule has 0 saturated carbocycles. The van der Waals surface area contributed by atoms with Gasteiger partial charge >= 0.3 is 5.97 Å². The molecule has 7 N–H and O–H groups in total. The minimum absolute atomic E-state index is 0.324. The van der Waals surface area contributed by atoms with Crippen LogP contribution >= 0.6 is 0 Å². The van der Waals surface area contributed by atoms with Crippen molar-refractivity contribution < 1.29 is 29.1 Å². The van der Waals surface area contributed by atoms with Gasteiger partial charge in [0.25, 0.3) is 0 Å². The molecule has 2 atom stereocenters. The highest BCUT2D eigenvalue weighted by Crippen LogP contribution is 2.17. The molecule has 11 heteroatoms. The van der Waals surface area contributed by atoms with E-state index in [4.69, 9.17) is 16.6 Å². The third-order valence-electron chi connectivity index (χ3n) is 3.48. The molecule has 0 aliphatic carbocycles. The Balaban J connectivity index is 2.33. The molecule has 11 nitrogen and oxygen atoms in total. The average molecular weight is 343 g/mol. The molecule has 1 aliphatic heterocycles. The summed E-state index contributed by atoms with van der Waals surface area (Å²) in [6.07, 6.45) is 0.616. The Morgan fingerprint density at radius 1 is 1.17 bits per heavy atom. The first-order chi connectivity index (χ1) is 11.2. The van der Waals surface area contributed by atoms with Crippen molar-refractivity contribution in [3.8, 4) is 0 Å². The Morgan fingerprint density at radius 2 is 1.83 bits per heavy atom. The van der Waals surface area contributed by atoms with Gasteiger partial charge in [0.2, 0.25) is 23.6 Å². The molecular formula is C13H21N5O6. The van der Waals surface area contributed by atoms with Crippen molar-refractivity contribution in [1.29, 1.82) is 0 Å². The van der Waals surface area contributed by atoms with Crippen LogP contribution in [0, 0.1) is 0 Å². The predicted molar refractivity (Wildman–Crippen MR) is 80.2 cm³/mol. The van der Waals surface area contributed by atoms with E-state index in [0.717, 1.165) is 0 Å². The highest BCUT2D eigenvalue weighted by atomic mass is 16.4.